The molecule has 0 bridgehead atoms. The summed E-state index contributed by atoms with van der Waals surface area (Å²) in [5, 5.41) is 3.12. The average molecular weight is 324 g/mol. The van der Waals surface area contributed by atoms with Gasteiger partial charge in [-0.25, -0.2) is 0 Å². The molecule has 1 amide bonds. The number of aromatic amines is 1. The lowest BCUT2D eigenvalue weighted by atomic mass is 9.91. The van der Waals surface area contributed by atoms with Gasteiger partial charge in [0.1, 0.15) is 5.75 Å². The van der Waals surface area contributed by atoms with E-state index >= 15 is 0 Å². The molecule has 2 aliphatic rings. The van der Waals surface area contributed by atoms with E-state index in [-0.39, 0.29) is 17.5 Å². The Balaban J connectivity index is 1.46. The zero-order chi connectivity index (χ0) is 16.5. The second-order valence-electron chi connectivity index (χ2n) is 6.49. The molecular weight excluding hydrogens is 304 g/mol. The largest absolute Gasteiger partial charge is 0.493 e. The molecule has 0 unspecified atom stereocenters. The number of benzene rings is 1. The van der Waals surface area contributed by atoms with Crippen LogP contribution in [0, 0.1) is 0 Å². The fraction of sp³-hybridized carbons (Fsp3) is 0.368. The second kappa shape index (κ2) is 6.15. The Bertz CT molecular complexity index is 841. The lowest BCUT2D eigenvalue weighted by Gasteiger charge is -2.26. The van der Waals surface area contributed by atoms with Gasteiger partial charge in [-0.15, -0.1) is 0 Å². The van der Waals surface area contributed by atoms with Crippen molar-refractivity contribution in [2.24, 2.45) is 0 Å². The molecule has 2 N–H and O–H groups in total. The van der Waals surface area contributed by atoms with Crippen molar-refractivity contribution >= 4 is 5.91 Å². The van der Waals surface area contributed by atoms with E-state index in [1.54, 1.807) is 0 Å². The Hall–Kier alpha value is -2.56. The first-order valence-corrected chi connectivity index (χ1v) is 8.45. The van der Waals surface area contributed by atoms with Gasteiger partial charge in [0.15, 0.2) is 0 Å². The van der Waals surface area contributed by atoms with Gasteiger partial charge in [-0.3, -0.25) is 9.59 Å². The fourth-order valence-corrected chi connectivity index (χ4v) is 3.63. The minimum atomic E-state index is -0.0823. The van der Waals surface area contributed by atoms with E-state index < -0.39 is 0 Å². The number of ether oxygens (including phenoxy) is 1. The first-order chi connectivity index (χ1) is 11.7. The van der Waals surface area contributed by atoms with Gasteiger partial charge in [0.2, 0.25) is 11.5 Å². The van der Waals surface area contributed by atoms with Crippen LogP contribution in [-0.2, 0) is 24.1 Å². The summed E-state index contributed by atoms with van der Waals surface area (Å²) < 4.78 is 5.50. The monoisotopic (exact) mass is 324 g/mol. The highest BCUT2D eigenvalue weighted by Gasteiger charge is 2.22. The molecule has 1 aromatic heterocycles. The number of hydrogen-bond donors (Lipinski definition) is 2. The van der Waals surface area contributed by atoms with Crippen molar-refractivity contribution in [2.45, 2.75) is 38.1 Å². The molecule has 0 radical (unpaired) electrons. The SMILES string of the molecule is O=C(Cc1ccc2c(c1)CCO2)N[C@@H]1CCCc2[nH]c(=O)ccc21. The summed E-state index contributed by atoms with van der Waals surface area (Å²) in [6.07, 6.45) is 4.01. The van der Waals surface area contributed by atoms with E-state index in [0.717, 1.165) is 54.9 Å². The Morgan fingerprint density at radius 1 is 1.25 bits per heavy atom. The van der Waals surface area contributed by atoms with Gasteiger partial charge >= 0.3 is 0 Å². The molecule has 124 valence electrons. The third kappa shape index (κ3) is 2.94. The maximum absolute atomic E-state index is 12.4. The molecule has 2 aromatic rings. The van der Waals surface area contributed by atoms with Crippen molar-refractivity contribution in [3.8, 4) is 5.75 Å². The number of hydrogen-bond acceptors (Lipinski definition) is 3. The molecule has 0 saturated heterocycles. The summed E-state index contributed by atoms with van der Waals surface area (Å²) in [5.41, 5.74) is 4.10. The second-order valence-corrected chi connectivity index (χ2v) is 6.49. The van der Waals surface area contributed by atoms with Crippen molar-refractivity contribution in [3.63, 3.8) is 0 Å². The van der Waals surface area contributed by atoms with Crippen LogP contribution in [0.25, 0.3) is 0 Å². The summed E-state index contributed by atoms with van der Waals surface area (Å²) in [5.74, 6) is 0.947. The highest BCUT2D eigenvalue weighted by Crippen LogP contribution is 2.28. The Morgan fingerprint density at radius 2 is 2.17 bits per heavy atom. The van der Waals surface area contributed by atoms with Gasteiger partial charge in [0, 0.05) is 18.2 Å². The van der Waals surface area contributed by atoms with Crippen molar-refractivity contribution in [2.75, 3.05) is 6.61 Å². The minimum absolute atomic E-state index is 0.0120. The number of carbonyl (C=O) groups excluding carboxylic acids is 1. The number of rotatable bonds is 3. The van der Waals surface area contributed by atoms with E-state index in [1.807, 2.05) is 18.2 Å². The molecule has 5 nitrogen and oxygen atoms in total. The predicted molar refractivity (Wildman–Crippen MR) is 90.2 cm³/mol. The van der Waals surface area contributed by atoms with Gasteiger partial charge in [0.05, 0.1) is 19.1 Å². The molecule has 1 aliphatic carbocycles. The lowest BCUT2D eigenvalue weighted by Crippen LogP contribution is -2.33. The molecular formula is C19H20N2O3. The van der Waals surface area contributed by atoms with Gasteiger partial charge in [0.25, 0.3) is 0 Å². The van der Waals surface area contributed by atoms with E-state index in [9.17, 15) is 9.59 Å². The number of carbonyl (C=O) groups is 1. The standard InChI is InChI=1S/C19H20N2O3/c22-18-7-5-14-15(20-18)2-1-3-16(14)21-19(23)11-12-4-6-17-13(10-12)8-9-24-17/h4-7,10,16H,1-3,8-9,11H2,(H,20,22)(H,21,23)/t16-/m1/s1. The number of aromatic nitrogens is 1. The number of nitrogens with one attached hydrogen (secondary N) is 2. The third-order valence-electron chi connectivity index (χ3n) is 4.79. The van der Waals surface area contributed by atoms with E-state index in [4.69, 9.17) is 4.74 Å². The summed E-state index contributed by atoms with van der Waals surface area (Å²) in [6, 6.07) is 9.32. The maximum Gasteiger partial charge on any atom is 0.248 e. The van der Waals surface area contributed by atoms with Crippen LogP contribution >= 0.6 is 0 Å². The fourth-order valence-electron chi connectivity index (χ4n) is 3.63. The van der Waals surface area contributed by atoms with Crippen LogP contribution in [0.3, 0.4) is 0 Å². The van der Waals surface area contributed by atoms with Crippen LogP contribution in [-0.4, -0.2) is 17.5 Å². The van der Waals surface area contributed by atoms with Crippen molar-refractivity contribution in [1.82, 2.24) is 10.3 Å². The Labute approximate surface area is 140 Å². The molecule has 1 aliphatic heterocycles. The number of H-pyrrole nitrogens is 1. The highest BCUT2D eigenvalue weighted by atomic mass is 16.5. The molecule has 4 rings (SSSR count). The molecule has 1 aromatic carbocycles. The quantitative estimate of drug-likeness (QED) is 0.908. The first kappa shape index (κ1) is 15.0. The van der Waals surface area contributed by atoms with Gasteiger partial charge in [-0.2, -0.15) is 0 Å². The molecule has 24 heavy (non-hydrogen) atoms. The van der Waals surface area contributed by atoms with E-state index in [1.165, 1.54) is 11.6 Å². The summed E-state index contributed by atoms with van der Waals surface area (Å²) in [4.78, 5) is 26.8. The topological polar surface area (TPSA) is 71.2 Å². The summed E-state index contributed by atoms with van der Waals surface area (Å²) in [7, 11) is 0. The van der Waals surface area contributed by atoms with Crippen LogP contribution in [0.2, 0.25) is 0 Å². The normalized spacial score (nSPS) is 18.4. The van der Waals surface area contributed by atoms with Gasteiger partial charge < -0.3 is 15.0 Å². The molecule has 5 heteroatoms. The van der Waals surface area contributed by atoms with Crippen LogP contribution in [0.4, 0.5) is 0 Å². The minimum Gasteiger partial charge on any atom is -0.493 e. The smallest absolute Gasteiger partial charge is 0.248 e. The van der Waals surface area contributed by atoms with Crippen molar-refractivity contribution < 1.29 is 9.53 Å². The Morgan fingerprint density at radius 3 is 3.08 bits per heavy atom. The maximum atomic E-state index is 12.4. The van der Waals surface area contributed by atoms with Crippen LogP contribution in [0.1, 0.15) is 41.3 Å². The van der Waals surface area contributed by atoms with E-state index in [0.29, 0.717) is 6.42 Å². The average Bonchev–Trinajstić information content (AvgIpc) is 3.02. The zero-order valence-corrected chi connectivity index (χ0v) is 13.4. The number of pyridine rings is 1. The Kier molecular flexibility index (Phi) is 3.84. The molecule has 0 fully saturated rings. The number of fused-ring (bicyclic) bond motifs is 2. The molecule has 1 atom stereocenters. The zero-order valence-electron chi connectivity index (χ0n) is 13.4. The molecule has 0 saturated carbocycles. The number of aryl methyl sites for hydroxylation is 1. The third-order valence-corrected chi connectivity index (χ3v) is 4.79. The molecule has 2 heterocycles. The van der Waals surface area contributed by atoms with Crippen molar-refractivity contribution in [3.05, 3.63) is 63.1 Å². The highest BCUT2D eigenvalue weighted by molar-refractivity contribution is 5.79. The summed E-state index contributed by atoms with van der Waals surface area (Å²) >= 11 is 0. The summed E-state index contributed by atoms with van der Waals surface area (Å²) in [6.45, 7) is 0.724. The van der Waals surface area contributed by atoms with Crippen LogP contribution in [0.5, 0.6) is 5.75 Å². The van der Waals surface area contributed by atoms with Gasteiger partial charge in [-0.1, -0.05) is 12.1 Å². The lowest BCUT2D eigenvalue weighted by molar-refractivity contribution is -0.121. The van der Waals surface area contributed by atoms with Gasteiger partial charge in [-0.05, 0) is 48.1 Å². The molecule has 0 spiro atoms. The van der Waals surface area contributed by atoms with Crippen LogP contribution < -0.4 is 15.6 Å². The van der Waals surface area contributed by atoms with Crippen molar-refractivity contribution in [1.29, 1.82) is 0 Å². The van der Waals surface area contributed by atoms with Crippen LogP contribution in [0.15, 0.2) is 35.1 Å². The number of amides is 1. The first-order valence-electron chi connectivity index (χ1n) is 8.45. The van der Waals surface area contributed by atoms with E-state index in [2.05, 4.69) is 16.4 Å². The predicted octanol–water partition coefficient (Wildman–Crippen LogP) is 2.05.